The van der Waals surface area contributed by atoms with Crippen molar-refractivity contribution < 1.29 is 0 Å². The fourth-order valence-corrected chi connectivity index (χ4v) is 1.86. The summed E-state index contributed by atoms with van der Waals surface area (Å²) in [5.41, 5.74) is 9.52. The highest BCUT2D eigenvalue weighted by Crippen LogP contribution is 2.25. The molecule has 0 unspecified atom stereocenters. The van der Waals surface area contributed by atoms with E-state index in [2.05, 4.69) is 9.97 Å². The van der Waals surface area contributed by atoms with Gasteiger partial charge in [-0.2, -0.15) is 0 Å². The molecule has 0 aliphatic heterocycles. The molecular weight excluding hydrogens is 210 g/mol. The summed E-state index contributed by atoms with van der Waals surface area (Å²) < 4.78 is 0. The summed E-state index contributed by atoms with van der Waals surface area (Å²) >= 11 is 0. The van der Waals surface area contributed by atoms with Crippen molar-refractivity contribution in [1.29, 1.82) is 0 Å². The molecule has 0 radical (unpaired) electrons. The van der Waals surface area contributed by atoms with Crippen molar-refractivity contribution >= 4 is 16.6 Å². The predicted octanol–water partition coefficient (Wildman–Crippen LogP) is 2.88. The molecule has 0 saturated heterocycles. The van der Waals surface area contributed by atoms with Crippen LogP contribution in [-0.2, 0) is 0 Å². The van der Waals surface area contributed by atoms with E-state index in [1.807, 2.05) is 42.5 Å². The summed E-state index contributed by atoms with van der Waals surface area (Å²) in [6.07, 6.45) is 3.46. The molecule has 3 nitrogen and oxygen atoms in total. The van der Waals surface area contributed by atoms with E-state index in [9.17, 15) is 0 Å². The summed E-state index contributed by atoms with van der Waals surface area (Å²) in [7, 11) is 0. The number of hydrogen-bond donors (Lipinski definition) is 1. The average molecular weight is 221 g/mol. The Balaban J connectivity index is 2.26. The van der Waals surface area contributed by atoms with Gasteiger partial charge in [-0.3, -0.25) is 4.98 Å². The number of anilines is 1. The second-order valence-electron chi connectivity index (χ2n) is 3.86. The Morgan fingerprint density at radius 2 is 1.82 bits per heavy atom. The lowest BCUT2D eigenvalue weighted by molar-refractivity contribution is 1.31. The molecule has 3 rings (SSSR count). The SMILES string of the molecule is Nc1cc(-c2ccccc2)nc2cnccc12. The fourth-order valence-electron chi connectivity index (χ4n) is 1.86. The summed E-state index contributed by atoms with van der Waals surface area (Å²) in [4.78, 5) is 8.63. The lowest BCUT2D eigenvalue weighted by Gasteiger charge is -2.05. The molecule has 2 heterocycles. The first-order valence-electron chi connectivity index (χ1n) is 5.40. The number of rotatable bonds is 1. The minimum atomic E-state index is 0.733. The van der Waals surface area contributed by atoms with Gasteiger partial charge in [-0.1, -0.05) is 30.3 Å². The van der Waals surface area contributed by atoms with E-state index < -0.39 is 0 Å². The molecule has 0 fully saturated rings. The molecule has 2 N–H and O–H groups in total. The first-order valence-corrected chi connectivity index (χ1v) is 5.40. The van der Waals surface area contributed by atoms with E-state index >= 15 is 0 Å². The Labute approximate surface area is 98.9 Å². The van der Waals surface area contributed by atoms with Crippen LogP contribution >= 0.6 is 0 Å². The van der Waals surface area contributed by atoms with Gasteiger partial charge in [-0.05, 0) is 12.1 Å². The van der Waals surface area contributed by atoms with Gasteiger partial charge in [0.1, 0.15) is 0 Å². The maximum absolute atomic E-state index is 6.03. The number of benzene rings is 1. The maximum Gasteiger partial charge on any atom is 0.0913 e. The van der Waals surface area contributed by atoms with Crippen LogP contribution in [0.5, 0.6) is 0 Å². The van der Waals surface area contributed by atoms with Gasteiger partial charge in [-0.25, -0.2) is 4.98 Å². The highest BCUT2D eigenvalue weighted by Gasteiger charge is 2.04. The number of aromatic nitrogens is 2. The Bertz CT molecular complexity index is 663. The zero-order chi connectivity index (χ0) is 11.7. The van der Waals surface area contributed by atoms with Crippen molar-refractivity contribution in [3.63, 3.8) is 0 Å². The summed E-state index contributed by atoms with van der Waals surface area (Å²) in [5, 5.41) is 0.944. The summed E-state index contributed by atoms with van der Waals surface area (Å²) in [5.74, 6) is 0. The summed E-state index contributed by atoms with van der Waals surface area (Å²) in [6.45, 7) is 0. The highest BCUT2D eigenvalue weighted by molar-refractivity contribution is 5.91. The largest absolute Gasteiger partial charge is 0.398 e. The van der Waals surface area contributed by atoms with Crippen LogP contribution in [-0.4, -0.2) is 9.97 Å². The Hall–Kier alpha value is -2.42. The second kappa shape index (κ2) is 3.87. The number of nitrogens with zero attached hydrogens (tertiary/aromatic N) is 2. The molecule has 2 aromatic heterocycles. The topological polar surface area (TPSA) is 51.8 Å². The van der Waals surface area contributed by atoms with Crippen molar-refractivity contribution in [3.05, 3.63) is 54.9 Å². The fraction of sp³-hybridized carbons (Fsp3) is 0. The van der Waals surface area contributed by atoms with Gasteiger partial charge in [-0.15, -0.1) is 0 Å². The molecule has 0 atom stereocenters. The molecule has 0 amide bonds. The van der Waals surface area contributed by atoms with Gasteiger partial charge in [0, 0.05) is 22.8 Å². The smallest absolute Gasteiger partial charge is 0.0913 e. The van der Waals surface area contributed by atoms with E-state index in [-0.39, 0.29) is 0 Å². The van der Waals surface area contributed by atoms with E-state index in [4.69, 9.17) is 5.73 Å². The molecule has 17 heavy (non-hydrogen) atoms. The van der Waals surface area contributed by atoms with Crippen LogP contribution in [0.2, 0.25) is 0 Å². The van der Waals surface area contributed by atoms with E-state index in [0.29, 0.717) is 0 Å². The van der Waals surface area contributed by atoms with Gasteiger partial charge in [0.25, 0.3) is 0 Å². The van der Waals surface area contributed by atoms with Crippen molar-refractivity contribution in [2.45, 2.75) is 0 Å². The Morgan fingerprint density at radius 3 is 2.65 bits per heavy atom. The van der Waals surface area contributed by atoms with Gasteiger partial charge in [0.15, 0.2) is 0 Å². The van der Waals surface area contributed by atoms with Gasteiger partial charge in [0.2, 0.25) is 0 Å². The minimum Gasteiger partial charge on any atom is -0.398 e. The average Bonchev–Trinajstić information content (AvgIpc) is 2.40. The van der Waals surface area contributed by atoms with Crippen LogP contribution in [0.4, 0.5) is 5.69 Å². The molecule has 0 saturated carbocycles. The maximum atomic E-state index is 6.03. The monoisotopic (exact) mass is 221 g/mol. The third-order valence-electron chi connectivity index (χ3n) is 2.71. The Morgan fingerprint density at radius 1 is 1.00 bits per heavy atom. The van der Waals surface area contributed by atoms with E-state index in [0.717, 1.165) is 27.8 Å². The lowest BCUT2D eigenvalue weighted by Crippen LogP contribution is -1.92. The third kappa shape index (κ3) is 1.72. The quantitative estimate of drug-likeness (QED) is 0.687. The number of fused-ring (bicyclic) bond motifs is 1. The number of nitrogens with two attached hydrogens (primary N) is 1. The number of hydrogen-bond acceptors (Lipinski definition) is 3. The molecule has 82 valence electrons. The molecule has 0 aliphatic carbocycles. The van der Waals surface area contributed by atoms with Crippen LogP contribution < -0.4 is 5.73 Å². The van der Waals surface area contributed by atoms with Crippen LogP contribution in [0, 0.1) is 0 Å². The standard InChI is InChI=1S/C14H11N3/c15-12-8-13(10-4-2-1-3-5-10)17-14-9-16-7-6-11(12)14/h1-9H,(H2,15,17). The third-order valence-corrected chi connectivity index (χ3v) is 2.71. The lowest BCUT2D eigenvalue weighted by atomic mass is 10.1. The first-order chi connectivity index (χ1) is 8.34. The highest BCUT2D eigenvalue weighted by atomic mass is 14.8. The van der Waals surface area contributed by atoms with Crippen molar-refractivity contribution in [3.8, 4) is 11.3 Å². The predicted molar refractivity (Wildman–Crippen MR) is 69.4 cm³/mol. The molecule has 0 aliphatic rings. The molecular formula is C14H11N3. The van der Waals surface area contributed by atoms with E-state index in [1.54, 1.807) is 12.4 Å². The molecule has 0 bridgehead atoms. The van der Waals surface area contributed by atoms with Crippen LogP contribution in [0.3, 0.4) is 0 Å². The molecule has 3 aromatic rings. The van der Waals surface area contributed by atoms with Crippen LogP contribution in [0.1, 0.15) is 0 Å². The molecule has 3 heteroatoms. The second-order valence-corrected chi connectivity index (χ2v) is 3.86. The Kier molecular flexibility index (Phi) is 2.22. The van der Waals surface area contributed by atoms with Crippen LogP contribution in [0.15, 0.2) is 54.9 Å². The van der Waals surface area contributed by atoms with Crippen LogP contribution in [0.25, 0.3) is 22.2 Å². The zero-order valence-electron chi connectivity index (χ0n) is 9.17. The van der Waals surface area contributed by atoms with E-state index in [1.165, 1.54) is 0 Å². The van der Waals surface area contributed by atoms with Gasteiger partial charge < -0.3 is 5.73 Å². The van der Waals surface area contributed by atoms with Crippen molar-refractivity contribution in [2.24, 2.45) is 0 Å². The normalized spacial score (nSPS) is 10.6. The van der Waals surface area contributed by atoms with Crippen molar-refractivity contribution in [1.82, 2.24) is 9.97 Å². The first kappa shape index (κ1) is 9.78. The van der Waals surface area contributed by atoms with Gasteiger partial charge in [0.05, 0.1) is 17.4 Å². The van der Waals surface area contributed by atoms with Crippen molar-refractivity contribution in [2.75, 3.05) is 5.73 Å². The minimum absolute atomic E-state index is 0.733. The zero-order valence-corrected chi connectivity index (χ0v) is 9.17. The molecule has 0 spiro atoms. The number of pyridine rings is 2. The number of nitrogen functional groups attached to an aromatic ring is 1. The molecule has 1 aromatic carbocycles. The van der Waals surface area contributed by atoms with Gasteiger partial charge >= 0.3 is 0 Å². The summed E-state index contributed by atoms with van der Waals surface area (Å²) in [6, 6.07) is 13.8.